The summed E-state index contributed by atoms with van der Waals surface area (Å²) < 4.78 is 30.2. The maximum atomic E-state index is 14.6. The average Bonchev–Trinajstić information content (AvgIpc) is 3.32. The molecule has 5 rings (SSSR count). The van der Waals surface area contributed by atoms with Gasteiger partial charge in [-0.2, -0.15) is 5.10 Å². The van der Waals surface area contributed by atoms with E-state index >= 15 is 0 Å². The number of hydrogen-bond acceptors (Lipinski definition) is 5. The third kappa shape index (κ3) is 5.36. The van der Waals surface area contributed by atoms with Crippen LogP contribution in [0.1, 0.15) is 33.5 Å². The molecular formula is C26H17Cl3F2N6O2. The molecule has 2 aromatic heterocycles. The number of benzene rings is 3. The smallest absolute Gasteiger partial charge is 0.260 e. The molecule has 39 heavy (non-hydrogen) atoms. The number of aryl methyl sites for hydroxylation is 1. The highest BCUT2D eigenvalue weighted by Crippen LogP contribution is 2.30. The number of nitrogens with one attached hydrogen (secondary N) is 2. The van der Waals surface area contributed by atoms with Crippen LogP contribution in [0.5, 0.6) is 0 Å². The van der Waals surface area contributed by atoms with Crippen LogP contribution >= 0.6 is 34.8 Å². The molecule has 1 atom stereocenters. The van der Waals surface area contributed by atoms with Crippen molar-refractivity contribution in [3.8, 4) is 5.69 Å². The lowest BCUT2D eigenvalue weighted by molar-refractivity contribution is 0.0952. The van der Waals surface area contributed by atoms with Gasteiger partial charge in [-0.05, 0) is 48.9 Å². The molecule has 0 fully saturated rings. The molecule has 0 saturated carbocycles. The van der Waals surface area contributed by atoms with E-state index in [0.29, 0.717) is 17.1 Å². The number of H-pyrrole nitrogens is 1. The fourth-order valence-corrected chi connectivity index (χ4v) is 5.00. The quantitative estimate of drug-likeness (QED) is 0.268. The third-order valence-electron chi connectivity index (χ3n) is 5.95. The van der Waals surface area contributed by atoms with Crippen LogP contribution < -0.4 is 10.9 Å². The maximum Gasteiger partial charge on any atom is 0.260 e. The third-order valence-corrected chi connectivity index (χ3v) is 6.86. The average molecular weight is 590 g/mol. The van der Waals surface area contributed by atoms with Gasteiger partial charge < -0.3 is 10.3 Å². The van der Waals surface area contributed by atoms with Gasteiger partial charge in [-0.25, -0.2) is 23.4 Å². The molecule has 0 aliphatic rings. The zero-order chi connectivity index (χ0) is 27.8. The van der Waals surface area contributed by atoms with E-state index in [0.717, 1.165) is 6.07 Å². The van der Waals surface area contributed by atoms with E-state index in [1.54, 1.807) is 13.0 Å². The number of nitrogens with zero attached hydrogens (tertiary/aromatic N) is 4. The number of rotatable bonds is 6. The van der Waals surface area contributed by atoms with E-state index < -0.39 is 29.0 Å². The first-order valence-corrected chi connectivity index (χ1v) is 12.5. The van der Waals surface area contributed by atoms with E-state index in [4.69, 9.17) is 34.8 Å². The number of carbonyl (C=O) groups excluding carboxylic acids is 1. The van der Waals surface area contributed by atoms with Gasteiger partial charge in [-0.1, -0.05) is 46.9 Å². The van der Waals surface area contributed by atoms with Crippen molar-refractivity contribution in [1.82, 2.24) is 30.0 Å². The molecular weight excluding hydrogens is 573 g/mol. The fraction of sp³-hybridized carbons (Fsp3) is 0.115. The van der Waals surface area contributed by atoms with E-state index in [9.17, 15) is 18.4 Å². The number of aromatic nitrogens is 5. The van der Waals surface area contributed by atoms with Crippen molar-refractivity contribution in [2.24, 2.45) is 0 Å². The molecule has 8 nitrogen and oxygen atoms in total. The number of halogens is 5. The molecule has 0 saturated heterocycles. The van der Waals surface area contributed by atoms with Crippen molar-refractivity contribution in [1.29, 1.82) is 0 Å². The summed E-state index contributed by atoms with van der Waals surface area (Å²) >= 11 is 18.9. The van der Waals surface area contributed by atoms with Gasteiger partial charge in [0, 0.05) is 6.54 Å². The van der Waals surface area contributed by atoms with Crippen LogP contribution in [0.4, 0.5) is 8.78 Å². The molecule has 1 amide bonds. The Morgan fingerprint density at radius 2 is 1.82 bits per heavy atom. The van der Waals surface area contributed by atoms with Crippen LogP contribution in [0.15, 0.2) is 59.7 Å². The second kappa shape index (κ2) is 10.7. The standard InChI is InChI=1S/C26H17Cl3F2N6O2/c1-12-33-11-37(36-12)15-8-18(28)21(19(29)9-15)25(38)32-10-16(13-3-2-4-14(30)7-13)24-34-23-20(31)6-5-17(27)22(23)26(39)35-24/h2-9,11,16H,10H2,1H3,(H,32,38)(H,34,35,39). The lowest BCUT2D eigenvalue weighted by atomic mass is 9.97. The Bertz CT molecular complexity index is 1780. The Balaban J connectivity index is 1.50. The largest absolute Gasteiger partial charge is 0.351 e. The van der Waals surface area contributed by atoms with Gasteiger partial charge in [0.2, 0.25) is 0 Å². The Morgan fingerprint density at radius 3 is 2.49 bits per heavy atom. The summed E-state index contributed by atoms with van der Waals surface area (Å²) in [4.78, 5) is 36.9. The van der Waals surface area contributed by atoms with Gasteiger partial charge in [0.15, 0.2) is 0 Å². The fourth-order valence-electron chi connectivity index (χ4n) is 4.12. The molecule has 13 heteroatoms. The lowest BCUT2D eigenvalue weighted by Gasteiger charge is -2.19. The Morgan fingerprint density at radius 1 is 1.08 bits per heavy atom. The highest BCUT2D eigenvalue weighted by Gasteiger charge is 2.24. The summed E-state index contributed by atoms with van der Waals surface area (Å²) in [7, 11) is 0. The summed E-state index contributed by atoms with van der Waals surface area (Å²) in [5.74, 6) is -2.29. The minimum absolute atomic E-state index is 0.00490. The predicted molar refractivity (Wildman–Crippen MR) is 144 cm³/mol. The molecule has 0 aliphatic carbocycles. The predicted octanol–water partition coefficient (Wildman–Crippen LogP) is 5.61. The lowest BCUT2D eigenvalue weighted by Crippen LogP contribution is -2.31. The summed E-state index contributed by atoms with van der Waals surface area (Å²) in [6, 6.07) is 10.9. The first-order chi connectivity index (χ1) is 18.6. The topological polar surface area (TPSA) is 106 Å². The molecule has 0 radical (unpaired) electrons. The molecule has 198 valence electrons. The van der Waals surface area contributed by atoms with Crippen LogP contribution in [-0.2, 0) is 0 Å². The molecule has 3 aromatic carbocycles. The van der Waals surface area contributed by atoms with Crippen LogP contribution in [0.3, 0.4) is 0 Å². The van der Waals surface area contributed by atoms with Gasteiger partial charge >= 0.3 is 0 Å². The number of carbonyl (C=O) groups is 1. The second-order valence-corrected chi connectivity index (χ2v) is 9.76. The summed E-state index contributed by atoms with van der Waals surface area (Å²) in [6.45, 7) is 1.55. The Labute approximate surface area is 234 Å². The van der Waals surface area contributed by atoms with Crippen molar-refractivity contribution in [3.05, 3.63) is 115 Å². The van der Waals surface area contributed by atoms with Crippen molar-refractivity contribution >= 4 is 51.6 Å². The Hall–Kier alpha value is -3.86. The van der Waals surface area contributed by atoms with E-state index in [1.807, 2.05) is 0 Å². The zero-order valence-corrected chi connectivity index (χ0v) is 22.2. The number of amides is 1. The monoisotopic (exact) mass is 588 g/mol. The SMILES string of the molecule is Cc1ncn(-c2cc(Cl)c(C(=O)NCC(c3cccc(F)c3)c3nc4c(F)ccc(Cl)c4c(=O)[nH]3)c(Cl)c2)n1. The van der Waals surface area contributed by atoms with Crippen molar-refractivity contribution in [2.45, 2.75) is 12.8 Å². The zero-order valence-electron chi connectivity index (χ0n) is 20.0. The highest BCUT2D eigenvalue weighted by molar-refractivity contribution is 6.40. The van der Waals surface area contributed by atoms with Crippen LogP contribution in [-0.4, -0.2) is 37.2 Å². The van der Waals surface area contributed by atoms with E-state index in [2.05, 4.69) is 25.4 Å². The normalized spacial score (nSPS) is 12.1. The first-order valence-electron chi connectivity index (χ1n) is 11.4. The number of aromatic amines is 1. The summed E-state index contributed by atoms with van der Waals surface area (Å²) in [5, 5.41) is 6.92. The van der Waals surface area contributed by atoms with E-state index in [1.165, 1.54) is 47.4 Å². The minimum Gasteiger partial charge on any atom is -0.351 e. The molecule has 0 bridgehead atoms. The molecule has 1 unspecified atom stereocenters. The van der Waals surface area contributed by atoms with Gasteiger partial charge in [-0.15, -0.1) is 0 Å². The van der Waals surface area contributed by atoms with Crippen molar-refractivity contribution in [2.75, 3.05) is 6.54 Å². The molecule has 5 aromatic rings. The van der Waals surface area contributed by atoms with Gasteiger partial charge in [0.25, 0.3) is 11.5 Å². The van der Waals surface area contributed by atoms with Crippen molar-refractivity contribution in [3.63, 3.8) is 0 Å². The second-order valence-electron chi connectivity index (χ2n) is 8.54. The number of fused-ring (bicyclic) bond motifs is 1. The van der Waals surface area contributed by atoms with Crippen molar-refractivity contribution < 1.29 is 13.6 Å². The molecule has 0 spiro atoms. The number of hydrogen-bond donors (Lipinski definition) is 2. The molecule has 0 aliphatic heterocycles. The van der Waals surface area contributed by atoms with Gasteiger partial charge in [0.1, 0.15) is 35.1 Å². The van der Waals surface area contributed by atoms with Crippen LogP contribution in [0, 0.1) is 18.6 Å². The molecule has 2 heterocycles. The van der Waals surface area contributed by atoms with Gasteiger partial charge in [-0.3, -0.25) is 9.59 Å². The van der Waals surface area contributed by atoms with E-state index in [-0.39, 0.29) is 43.9 Å². The molecule has 2 N–H and O–H groups in total. The van der Waals surface area contributed by atoms with Crippen LogP contribution in [0.2, 0.25) is 15.1 Å². The van der Waals surface area contributed by atoms with Crippen LogP contribution in [0.25, 0.3) is 16.6 Å². The summed E-state index contributed by atoms with van der Waals surface area (Å²) in [5.41, 5.74) is -0.0706. The Kier molecular flexibility index (Phi) is 7.35. The minimum atomic E-state index is -0.880. The van der Waals surface area contributed by atoms with Gasteiger partial charge in [0.05, 0.1) is 37.6 Å². The summed E-state index contributed by atoms with van der Waals surface area (Å²) in [6.07, 6.45) is 1.48. The first kappa shape index (κ1) is 26.7. The highest BCUT2D eigenvalue weighted by atomic mass is 35.5. The maximum absolute atomic E-state index is 14.6.